The number of halogens is 1. The molecule has 0 bridgehead atoms. The summed E-state index contributed by atoms with van der Waals surface area (Å²) in [6.07, 6.45) is 4.96. The second-order valence-electron chi connectivity index (χ2n) is 6.92. The molecule has 1 unspecified atom stereocenters. The summed E-state index contributed by atoms with van der Waals surface area (Å²) in [4.78, 5) is 12.6. The van der Waals surface area contributed by atoms with E-state index in [4.69, 9.17) is 16.3 Å². The molecule has 1 aliphatic carbocycles. The second-order valence-corrected chi connectivity index (χ2v) is 8.92. The fourth-order valence-corrected chi connectivity index (χ4v) is 4.35. The number of ether oxygens (including phenoxy) is 1. The summed E-state index contributed by atoms with van der Waals surface area (Å²) < 4.78 is 5.08. The maximum absolute atomic E-state index is 12.6. The van der Waals surface area contributed by atoms with Gasteiger partial charge >= 0.3 is 0 Å². The van der Waals surface area contributed by atoms with Gasteiger partial charge in [0.15, 0.2) is 0 Å². The molecule has 1 amide bonds. The van der Waals surface area contributed by atoms with E-state index in [1.807, 2.05) is 38.1 Å². The molecule has 1 aromatic rings. The van der Waals surface area contributed by atoms with E-state index in [1.165, 1.54) is 12.8 Å². The van der Waals surface area contributed by atoms with Gasteiger partial charge in [-0.25, -0.2) is 0 Å². The minimum Gasteiger partial charge on any atom is -0.381 e. The average Bonchev–Trinajstić information content (AvgIpc) is 2.59. The lowest BCUT2D eigenvalue weighted by molar-refractivity contribution is -0.123. The van der Waals surface area contributed by atoms with Crippen molar-refractivity contribution in [3.8, 4) is 0 Å². The molecular formula is C19H28ClNO2S. The maximum Gasteiger partial charge on any atom is 0.235 e. The molecule has 2 atom stereocenters. The van der Waals surface area contributed by atoms with Gasteiger partial charge in [-0.2, -0.15) is 0 Å². The lowest BCUT2D eigenvalue weighted by Crippen LogP contribution is -2.44. The first-order valence-corrected chi connectivity index (χ1v) is 9.99. The number of hydrogen-bond donors (Lipinski definition) is 1. The smallest absolute Gasteiger partial charge is 0.235 e. The summed E-state index contributed by atoms with van der Waals surface area (Å²) in [5.74, 6) is 1.24. The molecule has 0 heterocycles. The number of carbonyl (C=O) groups excluding carboxylic acids is 1. The van der Waals surface area contributed by atoms with Crippen LogP contribution in [0.15, 0.2) is 24.3 Å². The second kappa shape index (κ2) is 9.12. The molecule has 134 valence electrons. The van der Waals surface area contributed by atoms with Gasteiger partial charge in [0.2, 0.25) is 5.91 Å². The van der Waals surface area contributed by atoms with Gasteiger partial charge in [-0.15, -0.1) is 11.8 Å². The molecule has 0 aliphatic heterocycles. The Hall–Kier alpha value is -0.710. The third kappa shape index (κ3) is 5.40. The maximum atomic E-state index is 12.6. The first-order chi connectivity index (χ1) is 11.4. The van der Waals surface area contributed by atoms with Crippen molar-refractivity contribution < 1.29 is 9.53 Å². The molecule has 24 heavy (non-hydrogen) atoms. The van der Waals surface area contributed by atoms with Crippen molar-refractivity contribution in [2.45, 2.75) is 56.1 Å². The zero-order valence-electron chi connectivity index (χ0n) is 14.8. The molecular weight excluding hydrogens is 342 g/mol. The van der Waals surface area contributed by atoms with Crippen molar-refractivity contribution in [1.29, 1.82) is 0 Å². The van der Waals surface area contributed by atoms with Crippen molar-refractivity contribution in [3.63, 3.8) is 0 Å². The highest BCUT2D eigenvalue weighted by molar-refractivity contribution is 8.00. The van der Waals surface area contributed by atoms with Gasteiger partial charge in [0, 0.05) is 30.3 Å². The number of amides is 1. The van der Waals surface area contributed by atoms with E-state index in [0.717, 1.165) is 29.2 Å². The van der Waals surface area contributed by atoms with Gasteiger partial charge < -0.3 is 10.1 Å². The van der Waals surface area contributed by atoms with Crippen LogP contribution >= 0.6 is 23.4 Å². The van der Waals surface area contributed by atoms with Crippen molar-refractivity contribution >= 4 is 29.3 Å². The number of benzene rings is 1. The van der Waals surface area contributed by atoms with Crippen LogP contribution in [0.4, 0.5) is 0 Å². The lowest BCUT2D eigenvalue weighted by Gasteiger charge is -2.32. The van der Waals surface area contributed by atoms with Crippen LogP contribution in [-0.2, 0) is 15.3 Å². The molecule has 3 nitrogen and oxygen atoms in total. The standard InChI is InChI=1S/C19H28ClNO2S/c1-19(2,24-13-15-9-4-6-10-16(15)20)18(22)21-12-14-8-5-7-11-17(14)23-3/h4,6,9-10,14,17H,5,7-8,11-13H2,1-3H3,(H,21,22)/t14?,17-/m1/s1. The Bertz CT molecular complexity index is 550. The Balaban J connectivity index is 1.84. The fraction of sp³-hybridized carbons (Fsp3) is 0.632. The van der Waals surface area contributed by atoms with Crippen molar-refractivity contribution in [2.75, 3.05) is 13.7 Å². The summed E-state index contributed by atoms with van der Waals surface area (Å²) in [7, 11) is 1.77. The molecule has 1 aliphatic rings. The Morgan fingerprint density at radius 2 is 2.04 bits per heavy atom. The lowest BCUT2D eigenvalue weighted by atomic mass is 9.86. The Kier molecular flexibility index (Phi) is 7.45. The summed E-state index contributed by atoms with van der Waals surface area (Å²) in [6, 6.07) is 7.79. The van der Waals surface area contributed by atoms with Crippen LogP contribution in [0.25, 0.3) is 0 Å². The van der Waals surface area contributed by atoms with Gasteiger partial charge in [0.1, 0.15) is 0 Å². The minimum absolute atomic E-state index is 0.0833. The molecule has 0 saturated heterocycles. The monoisotopic (exact) mass is 369 g/mol. The van der Waals surface area contributed by atoms with Gasteiger partial charge in [-0.05, 0) is 38.3 Å². The highest BCUT2D eigenvalue weighted by Crippen LogP contribution is 2.31. The van der Waals surface area contributed by atoms with E-state index in [0.29, 0.717) is 12.5 Å². The summed E-state index contributed by atoms with van der Waals surface area (Å²) >= 11 is 7.82. The zero-order chi connectivity index (χ0) is 17.6. The summed E-state index contributed by atoms with van der Waals surface area (Å²) in [5.41, 5.74) is 1.07. The predicted octanol–water partition coefficient (Wildman–Crippen LogP) is 4.67. The van der Waals surface area contributed by atoms with Gasteiger partial charge in [-0.3, -0.25) is 4.79 Å². The highest BCUT2D eigenvalue weighted by atomic mass is 35.5. The summed E-state index contributed by atoms with van der Waals surface area (Å²) in [5, 5.41) is 3.89. The number of carbonyl (C=O) groups is 1. The third-order valence-corrected chi connectivity index (χ3v) is 6.49. The third-order valence-electron chi connectivity index (χ3n) is 4.76. The normalized spacial score (nSPS) is 21.5. The molecule has 2 rings (SSSR count). The quantitative estimate of drug-likeness (QED) is 0.758. The number of nitrogens with one attached hydrogen (secondary N) is 1. The highest BCUT2D eigenvalue weighted by Gasteiger charge is 2.31. The van der Waals surface area contributed by atoms with Crippen LogP contribution in [0.5, 0.6) is 0 Å². The number of hydrogen-bond acceptors (Lipinski definition) is 3. The molecule has 0 spiro atoms. The molecule has 1 fully saturated rings. The van der Waals surface area contributed by atoms with Gasteiger partial charge in [-0.1, -0.05) is 42.6 Å². The van der Waals surface area contributed by atoms with Crippen molar-refractivity contribution in [1.82, 2.24) is 5.32 Å². The Labute approximate surface area is 154 Å². The van der Waals surface area contributed by atoms with E-state index in [2.05, 4.69) is 5.32 Å². The molecule has 0 radical (unpaired) electrons. The molecule has 1 saturated carbocycles. The van der Waals surface area contributed by atoms with Crippen LogP contribution in [0, 0.1) is 5.92 Å². The molecule has 0 aromatic heterocycles. The van der Waals surface area contributed by atoms with E-state index in [9.17, 15) is 4.79 Å². The van der Waals surface area contributed by atoms with E-state index in [1.54, 1.807) is 18.9 Å². The first kappa shape index (κ1) is 19.6. The van der Waals surface area contributed by atoms with Crippen LogP contribution in [0.2, 0.25) is 5.02 Å². The first-order valence-electron chi connectivity index (χ1n) is 8.62. The van der Waals surface area contributed by atoms with Gasteiger partial charge in [0.25, 0.3) is 0 Å². The summed E-state index contributed by atoms with van der Waals surface area (Å²) in [6.45, 7) is 4.64. The molecule has 1 aromatic carbocycles. The largest absolute Gasteiger partial charge is 0.381 e. The number of thioether (sulfide) groups is 1. The molecule has 5 heteroatoms. The molecule has 1 N–H and O–H groups in total. The van der Waals surface area contributed by atoms with Crippen LogP contribution in [0.1, 0.15) is 45.1 Å². The number of rotatable bonds is 7. The Morgan fingerprint density at radius 1 is 1.33 bits per heavy atom. The zero-order valence-corrected chi connectivity index (χ0v) is 16.4. The van der Waals surface area contributed by atoms with E-state index in [-0.39, 0.29) is 12.0 Å². The van der Waals surface area contributed by atoms with Crippen LogP contribution < -0.4 is 5.32 Å². The average molecular weight is 370 g/mol. The topological polar surface area (TPSA) is 38.3 Å². The minimum atomic E-state index is -0.490. The van der Waals surface area contributed by atoms with Crippen LogP contribution in [-0.4, -0.2) is 30.4 Å². The van der Waals surface area contributed by atoms with Crippen LogP contribution in [0.3, 0.4) is 0 Å². The SMILES string of the molecule is CO[C@@H]1CCCCC1CNC(=O)C(C)(C)SCc1ccccc1Cl. The predicted molar refractivity (Wildman–Crippen MR) is 103 cm³/mol. The number of methoxy groups -OCH3 is 1. The van der Waals surface area contributed by atoms with Crippen molar-refractivity contribution in [2.24, 2.45) is 5.92 Å². The van der Waals surface area contributed by atoms with E-state index < -0.39 is 4.75 Å². The van der Waals surface area contributed by atoms with Crippen molar-refractivity contribution in [3.05, 3.63) is 34.9 Å². The Morgan fingerprint density at radius 3 is 2.75 bits per heavy atom. The van der Waals surface area contributed by atoms with E-state index >= 15 is 0 Å². The fourth-order valence-electron chi connectivity index (χ4n) is 3.09. The van der Waals surface area contributed by atoms with Gasteiger partial charge in [0.05, 0.1) is 10.9 Å².